The number of thioether (sulfide) groups is 1. The van der Waals surface area contributed by atoms with E-state index in [1.54, 1.807) is 0 Å². The molecule has 0 saturated carbocycles. The predicted molar refractivity (Wildman–Crippen MR) is 103 cm³/mol. The molecule has 0 spiro atoms. The van der Waals surface area contributed by atoms with Gasteiger partial charge in [0.15, 0.2) is 5.96 Å². The van der Waals surface area contributed by atoms with Crippen LogP contribution in [0.2, 0.25) is 0 Å². The number of rotatable bonds is 7. The molecule has 1 aromatic rings. The van der Waals surface area contributed by atoms with Gasteiger partial charge in [-0.25, -0.2) is 9.98 Å². The van der Waals surface area contributed by atoms with Crippen molar-refractivity contribution < 1.29 is 4.74 Å². The normalized spacial score (nSPS) is 21.1. The zero-order chi connectivity index (χ0) is 17.4. The Morgan fingerprint density at radius 1 is 1.42 bits per heavy atom. The molecule has 0 bridgehead atoms. The molecule has 1 fully saturated rings. The molecule has 1 saturated heterocycles. The quantitative estimate of drug-likeness (QED) is 0.584. The van der Waals surface area contributed by atoms with Gasteiger partial charge in [0.05, 0.1) is 12.6 Å². The molecule has 0 aromatic carbocycles. The average Bonchev–Trinajstić information content (AvgIpc) is 2.98. The fraction of sp³-hybridized carbons (Fsp3) is 0.667. The van der Waals surface area contributed by atoms with Crippen LogP contribution in [0.3, 0.4) is 0 Å². The van der Waals surface area contributed by atoms with Crippen LogP contribution in [0.1, 0.15) is 46.1 Å². The van der Waals surface area contributed by atoms with Gasteiger partial charge in [0.1, 0.15) is 0 Å². The Morgan fingerprint density at radius 3 is 2.83 bits per heavy atom. The lowest BCUT2D eigenvalue weighted by Gasteiger charge is -2.24. The molecule has 6 heteroatoms. The summed E-state index contributed by atoms with van der Waals surface area (Å²) in [6.45, 7) is 10.8. The van der Waals surface area contributed by atoms with Crippen LogP contribution < -0.4 is 15.4 Å². The monoisotopic (exact) mass is 350 g/mol. The largest absolute Gasteiger partial charge is 0.475 e. The highest BCUT2D eigenvalue weighted by Crippen LogP contribution is 2.36. The number of nitrogens with zero attached hydrogens (tertiary/aromatic N) is 2. The van der Waals surface area contributed by atoms with E-state index in [1.165, 1.54) is 18.6 Å². The maximum absolute atomic E-state index is 5.57. The van der Waals surface area contributed by atoms with Crippen molar-refractivity contribution in [2.75, 3.05) is 18.8 Å². The van der Waals surface area contributed by atoms with E-state index in [2.05, 4.69) is 46.2 Å². The van der Waals surface area contributed by atoms with E-state index < -0.39 is 0 Å². The molecule has 0 radical (unpaired) electrons. The van der Waals surface area contributed by atoms with Crippen molar-refractivity contribution in [1.29, 1.82) is 0 Å². The Labute approximate surface area is 150 Å². The minimum absolute atomic E-state index is 0.140. The fourth-order valence-corrected chi connectivity index (χ4v) is 3.82. The lowest BCUT2D eigenvalue weighted by molar-refractivity contribution is 0.232. The molecule has 0 aliphatic carbocycles. The first-order valence-electron chi connectivity index (χ1n) is 8.78. The summed E-state index contributed by atoms with van der Waals surface area (Å²) in [5, 5.41) is 6.80. The zero-order valence-electron chi connectivity index (χ0n) is 15.3. The van der Waals surface area contributed by atoms with Crippen LogP contribution in [0.25, 0.3) is 0 Å². The Kier molecular flexibility index (Phi) is 7.21. The standard InChI is InChI=1S/C18H30N4OS/c1-5-19-17(22-13-18(4)9-6-10-24-18)21-12-15-7-8-16(20-11-15)23-14(2)3/h7-8,11,14H,5-6,9-10,12-13H2,1-4H3,(H2,19,21,22). The SMILES string of the molecule is CCNC(=NCc1ccc(OC(C)C)nc1)NCC1(C)CCCS1. The first-order valence-corrected chi connectivity index (χ1v) is 9.77. The van der Waals surface area contributed by atoms with E-state index in [0.29, 0.717) is 17.2 Å². The first-order chi connectivity index (χ1) is 11.5. The molecule has 1 aliphatic heterocycles. The molecule has 2 rings (SSSR count). The molecule has 2 N–H and O–H groups in total. The summed E-state index contributed by atoms with van der Waals surface area (Å²) in [4.78, 5) is 9.00. The second kappa shape index (κ2) is 9.16. The molecule has 0 amide bonds. The van der Waals surface area contributed by atoms with Crippen LogP contribution in [0.4, 0.5) is 0 Å². The van der Waals surface area contributed by atoms with Crippen molar-refractivity contribution in [3.05, 3.63) is 23.9 Å². The smallest absolute Gasteiger partial charge is 0.213 e. The molecule has 24 heavy (non-hydrogen) atoms. The molecule has 1 aliphatic rings. The van der Waals surface area contributed by atoms with E-state index in [1.807, 2.05) is 32.2 Å². The van der Waals surface area contributed by atoms with E-state index in [4.69, 9.17) is 4.74 Å². The number of hydrogen-bond donors (Lipinski definition) is 2. The zero-order valence-corrected chi connectivity index (χ0v) is 16.1. The third kappa shape index (κ3) is 6.23. The van der Waals surface area contributed by atoms with Crippen molar-refractivity contribution in [2.24, 2.45) is 4.99 Å². The summed E-state index contributed by atoms with van der Waals surface area (Å²) in [6.07, 6.45) is 4.55. The summed E-state index contributed by atoms with van der Waals surface area (Å²) < 4.78 is 5.89. The van der Waals surface area contributed by atoms with Gasteiger partial charge in [-0.15, -0.1) is 0 Å². The molecule has 1 atom stereocenters. The molecule has 2 heterocycles. The number of hydrogen-bond acceptors (Lipinski definition) is 4. The average molecular weight is 351 g/mol. The highest BCUT2D eigenvalue weighted by molar-refractivity contribution is 8.00. The van der Waals surface area contributed by atoms with Crippen molar-refractivity contribution in [3.63, 3.8) is 0 Å². The van der Waals surface area contributed by atoms with Crippen LogP contribution in [0.5, 0.6) is 5.88 Å². The van der Waals surface area contributed by atoms with Crippen LogP contribution in [0.15, 0.2) is 23.3 Å². The van der Waals surface area contributed by atoms with Crippen molar-refractivity contribution in [3.8, 4) is 5.88 Å². The van der Waals surface area contributed by atoms with Crippen molar-refractivity contribution >= 4 is 17.7 Å². The highest BCUT2D eigenvalue weighted by atomic mass is 32.2. The second-order valence-electron chi connectivity index (χ2n) is 6.62. The Morgan fingerprint density at radius 2 is 2.25 bits per heavy atom. The number of pyridine rings is 1. The number of guanidine groups is 1. The second-order valence-corrected chi connectivity index (χ2v) is 8.30. The van der Waals surface area contributed by atoms with Gasteiger partial charge in [-0.3, -0.25) is 0 Å². The van der Waals surface area contributed by atoms with Gasteiger partial charge < -0.3 is 15.4 Å². The molecule has 1 aromatic heterocycles. The maximum Gasteiger partial charge on any atom is 0.213 e. The van der Waals surface area contributed by atoms with Crippen LogP contribution in [-0.2, 0) is 6.54 Å². The number of nitrogens with one attached hydrogen (secondary N) is 2. The van der Waals surface area contributed by atoms with Crippen LogP contribution in [0, 0.1) is 0 Å². The number of aromatic nitrogens is 1. The van der Waals surface area contributed by atoms with Crippen molar-refractivity contribution in [1.82, 2.24) is 15.6 Å². The van der Waals surface area contributed by atoms with Gasteiger partial charge in [0.2, 0.25) is 5.88 Å². The Bertz CT molecular complexity index is 524. The topological polar surface area (TPSA) is 58.5 Å². The van der Waals surface area contributed by atoms with E-state index >= 15 is 0 Å². The predicted octanol–water partition coefficient (Wildman–Crippen LogP) is 3.21. The third-order valence-electron chi connectivity index (χ3n) is 3.85. The van der Waals surface area contributed by atoms with E-state index in [-0.39, 0.29) is 6.10 Å². The molecular weight excluding hydrogens is 320 g/mol. The summed E-state index contributed by atoms with van der Waals surface area (Å²) in [6, 6.07) is 3.92. The summed E-state index contributed by atoms with van der Waals surface area (Å²) in [7, 11) is 0. The van der Waals surface area contributed by atoms with Crippen LogP contribution >= 0.6 is 11.8 Å². The Hall–Kier alpha value is -1.43. The molecule has 134 valence electrons. The first kappa shape index (κ1) is 18.9. The summed E-state index contributed by atoms with van der Waals surface area (Å²) in [5.74, 6) is 2.80. The lowest BCUT2D eigenvalue weighted by atomic mass is 10.1. The van der Waals surface area contributed by atoms with Crippen LogP contribution in [-0.4, -0.2) is 40.6 Å². The van der Waals surface area contributed by atoms with Gasteiger partial charge in [-0.2, -0.15) is 11.8 Å². The lowest BCUT2D eigenvalue weighted by Crippen LogP contribution is -2.43. The van der Waals surface area contributed by atoms with Gasteiger partial charge in [-0.05, 0) is 51.9 Å². The van der Waals surface area contributed by atoms with E-state index in [9.17, 15) is 0 Å². The summed E-state index contributed by atoms with van der Waals surface area (Å²) in [5.41, 5.74) is 1.07. The van der Waals surface area contributed by atoms with Gasteiger partial charge in [0, 0.05) is 30.1 Å². The van der Waals surface area contributed by atoms with E-state index in [0.717, 1.165) is 24.6 Å². The molecular formula is C18H30N4OS. The maximum atomic E-state index is 5.57. The van der Waals surface area contributed by atoms with Gasteiger partial charge in [-0.1, -0.05) is 6.07 Å². The Balaban J connectivity index is 1.89. The van der Waals surface area contributed by atoms with Gasteiger partial charge >= 0.3 is 0 Å². The molecule has 1 unspecified atom stereocenters. The minimum Gasteiger partial charge on any atom is -0.475 e. The highest BCUT2D eigenvalue weighted by Gasteiger charge is 2.29. The fourth-order valence-electron chi connectivity index (χ4n) is 2.57. The minimum atomic E-state index is 0.140. The third-order valence-corrected chi connectivity index (χ3v) is 5.39. The van der Waals surface area contributed by atoms with Gasteiger partial charge in [0.25, 0.3) is 0 Å². The number of ether oxygens (including phenoxy) is 1. The summed E-state index contributed by atoms with van der Waals surface area (Å²) >= 11 is 2.06. The van der Waals surface area contributed by atoms with Crippen molar-refractivity contribution in [2.45, 2.75) is 57.9 Å². The molecule has 5 nitrogen and oxygen atoms in total. The number of aliphatic imine (C=N–C) groups is 1.